The van der Waals surface area contributed by atoms with Crippen LogP contribution < -0.4 is 10.0 Å². The summed E-state index contributed by atoms with van der Waals surface area (Å²) < 4.78 is 28.8. The first kappa shape index (κ1) is 20.2. The van der Waals surface area contributed by atoms with E-state index in [1.165, 1.54) is 23.5 Å². The normalized spacial score (nSPS) is 11.5. The van der Waals surface area contributed by atoms with Crippen molar-refractivity contribution >= 4 is 42.6 Å². The number of carbonyl (C=O) groups is 1. The average molecular weight is 438 g/mol. The second-order valence-electron chi connectivity index (χ2n) is 6.73. The van der Waals surface area contributed by atoms with Crippen molar-refractivity contribution in [2.75, 3.05) is 5.32 Å². The molecule has 0 saturated heterocycles. The molecule has 4 rings (SSSR count). The molecule has 0 saturated carbocycles. The molecule has 0 atom stereocenters. The monoisotopic (exact) mass is 437 g/mol. The maximum atomic E-state index is 12.7. The van der Waals surface area contributed by atoms with Crippen LogP contribution in [0.4, 0.5) is 5.13 Å². The van der Waals surface area contributed by atoms with Crippen LogP contribution in [0.15, 0.2) is 77.7 Å². The molecule has 0 radical (unpaired) electrons. The number of amides is 1. The SMILES string of the molecule is Cc1cccc2sc(NC(=O)c3cccc(S(=O)(=O)NCc4ccccc4)c3)nc12. The van der Waals surface area contributed by atoms with Crippen molar-refractivity contribution in [1.29, 1.82) is 0 Å². The number of sulfonamides is 1. The predicted octanol–water partition coefficient (Wildman–Crippen LogP) is 4.34. The van der Waals surface area contributed by atoms with Gasteiger partial charge in [-0.1, -0.05) is 59.9 Å². The number of hydrogen-bond donors (Lipinski definition) is 2. The highest BCUT2D eigenvalue weighted by Gasteiger charge is 2.17. The number of hydrogen-bond acceptors (Lipinski definition) is 5. The summed E-state index contributed by atoms with van der Waals surface area (Å²) in [5, 5.41) is 3.24. The fourth-order valence-corrected chi connectivity index (χ4v) is 4.97. The molecule has 1 aromatic heterocycles. The summed E-state index contributed by atoms with van der Waals surface area (Å²) in [6.45, 7) is 2.13. The average Bonchev–Trinajstić information content (AvgIpc) is 3.17. The number of para-hydroxylation sites is 1. The number of anilines is 1. The molecule has 0 aliphatic heterocycles. The maximum absolute atomic E-state index is 12.7. The van der Waals surface area contributed by atoms with E-state index in [0.717, 1.165) is 21.3 Å². The summed E-state index contributed by atoms with van der Waals surface area (Å²) in [7, 11) is -3.76. The lowest BCUT2D eigenvalue weighted by Crippen LogP contribution is -2.23. The van der Waals surface area contributed by atoms with E-state index >= 15 is 0 Å². The van der Waals surface area contributed by atoms with Gasteiger partial charge < -0.3 is 0 Å². The molecule has 8 heteroatoms. The van der Waals surface area contributed by atoms with Gasteiger partial charge in [-0.15, -0.1) is 0 Å². The van der Waals surface area contributed by atoms with Crippen LogP contribution in [-0.2, 0) is 16.6 Å². The molecule has 0 fully saturated rings. The second kappa shape index (κ2) is 8.35. The molecular weight excluding hydrogens is 418 g/mol. The van der Waals surface area contributed by atoms with Crippen LogP contribution in [0.5, 0.6) is 0 Å². The fourth-order valence-electron chi connectivity index (χ4n) is 2.97. The Hall–Kier alpha value is -3.07. The molecule has 4 aromatic rings. The van der Waals surface area contributed by atoms with Crippen LogP contribution in [-0.4, -0.2) is 19.3 Å². The van der Waals surface area contributed by atoms with Crippen LogP contribution in [0, 0.1) is 6.92 Å². The van der Waals surface area contributed by atoms with Crippen LogP contribution >= 0.6 is 11.3 Å². The highest BCUT2D eigenvalue weighted by molar-refractivity contribution is 7.89. The van der Waals surface area contributed by atoms with Crippen LogP contribution in [0.25, 0.3) is 10.2 Å². The summed E-state index contributed by atoms with van der Waals surface area (Å²) in [5.74, 6) is -0.410. The van der Waals surface area contributed by atoms with Gasteiger partial charge in [-0.2, -0.15) is 0 Å². The van der Waals surface area contributed by atoms with E-state index in [1.54, 1.807) is 12.1 Å². The first-order valence-electron chi connectivity index (χ1n) is 9.23. The lowest BCUT2D eigenvalue weighted by Gasteiger charge is -2.08. The second-order valence-corrected chi connectivity index (χ2v) is 9.53. The summed E-state index contributed by atoms with van der Waals surface area (Å²) in [6.07, 6.45) is 0. The van der Waals surface area contributed by atoms with Gasteiger partial charge in [0.2, 0.25) is 10.0 Å². The first-order valence-corrected chi connectivity index (χ1v) is 11.5. The van der Waals surface area contributed by atoms with Crippen LogP contribution in [0.3, 0.4) is 0 Å². The minimum atomic E-state index is -3.76. The number of aryl methyl sites for hydroxylation is 1. The molecule has 152 valence electrons. The topological polar surface area (TPSA) is 88.2 Å². The Morgan fingerprint density at radius 3 is 2.53 bits per heavy atom. The van der Waals surface area contributed by atoms with E-state index in [1.807, 2.05) is 55.5 Å². The third-order valence-electron chi connectivity index (χ3n) is 4.56. The van der Waals surface area contributed by atoms with Crippen molar-refractivity contribution in [1.82, 2.24) is 9.71 Å². The Balaban J connectivity index is 1.51. The molecule has 1 heterocycles. The Bertz CT molecular complexity index is 1320. The molecule has 0 bridgehead atoms. The zero-order valence-corrected chi connectivity index (χ0v) is 17.8. The van der Waals surface area contributed by atoms with E-state index in [9.17, 15) is 13.2 Å². The summed E-state index contributed by atoms with van der Waals surface area (Å²) in [5.41, 5.74) is 2.97. The fraction of sp³-hybridized carbons (Fsp3) is 0.0909. The highest BCUT2D eigenvalue weighted by Crippen LogP contribution is 2.28. The first-order chi connectivity index (χ1) is 14.4. The minimum absolute atomic E-state index is 0.0335. The number of nitrogens with one attached hydrogen (secondary N) is 2. The van der Waals surface area contributed by atoms with Crippen molar-refractivity contribution in [3.05, 3.63) is 89.5 Å². The number of fused-ring (bicyclic) bond motifs is 1. The van der Waals surface area contributed by atoms with Gasteiger partial charge >= 0.3 is 0 Å². The van der Waals surface area contributed by atoms with E-state index in [2.05, 4.69) is 15.0 Å². The molecule has 0 unspecified atom stereocenters. The zero-order valence-electron chi connectivity index (χ0n) is 16.1. The third kappa shape index (κ3) is 4.40. The van der Waals surface area contributed by atoms with Crippen molar-refractivity contribution in [2.45, 2.75) is 18.4 Å². The Kier molecular flexibility index (Phi) is 5.63. The summed E-state index contributed by atoms with van der Waals surface area (Å²) in [6, 6.07) is 21.0. The van der Waals surface area contributed by atoms with Gasteiger partial charge in [0.1, 0.15) is 0 Å². The zero-order chi connectivity index (χ0) is 21.1. The van der Waals surface area contributed by atoms with Gasteiger partial charge in [-0.25, -0.2) is 18.1 Å². The van der Waals surface area contributed by atoms with Gasteiger partial charge in [-0.3, -0.25) is 10.1 Å². The predicted molar refractivity (Wildman–Crippen MR) is 119 cm³/mol. The van der Waals surface area contributed by atoms with Crippen molar-refractivity contribution in [2.24, 2.45) is 0 Å². The lowest BCUT2D eigenvalue weighted by atomic mass is 10.2. The molecule has 30 heavy (non-hydrogen) atoms. The molecule has 2 N–H and O–H groups in total. The van der Waals surface area contributed by atoms with E-state index in [4.69, 9.17) is 0 Å². The number of carbonyl (C=O) groups excluding carboxylic acids is 1. The highest BCUT2D eigenvalue weighted by atomic mass is 32.2. The van der Waals surface area contributed by atoms with Gasteiger partial charge in [0.25, 0.3) is 5.91 Å². The van der Waals surface area contributed by atoms with Gasteiger partial charge in [0.15, 0.2) is 5.13 Å². The molecular formula is C22H19N3O3S2. The molecule has 0 aliphatic carbocycles. The van der Waals surface area contributed by atoms with E-state index in [0.29, 0.717) is 5.13 Å². The van der Waals surface area contributed by atoms with Crippen molar-refractivity contribution in [3.8, 4) is 0 Å². The maximum Gasteiger partial charge on any atom is 0.257 e. The molecule has 3 aromatic carbocycles. The largest absolute Gasteiger partial charge is 0.298 e. The molecule has 1 amide bonds. The number of nitrogens with zero attached hydrogens (tertiary/aromatic N) is 1. The molecule has 0 spiro atoms. The number of aromatic nitrogens is 1. The molecule has 0 aliphatic rings. The number of rotatable bonds is 6. The van der Waals surface area contributed by atoms with Crippen molar-refractivity contribution < 1.29 is 13.2 Å². The minimum Gasteiger partial charge on any atom is -0.298 e. The standard InChI is InChI=1S/C22H19N3O3S2/c1-15-7-5-12-19-20(15)24-22(29-19)25-21(26)17-10-6-11-18(13-17)30(27,28)23-14-16-8-3-2-4-9-16/h2-13,23H,14H2,1H3,(H,24,25,26). The van der Waals surface area contributed by atoms with E-state index in [-0.39, 0.29) is 17.0 Å². The Morgan fingerprint density at radius 2 is 1.77 bits per heavy atom. The van der Waals surface area contributed by atoms with Gasteiger partial charge in [0.05, 0.1) is 15.1 Å². The summed E-state index contributed by atoms with van der Waals surface area (Å²) in [4.78, 5) is 17.2. The van der Waals surface area contributed by atoms with E-state index < -0.39 is 15.9 Å². The van der Waals surface area contributed by atoms with Crippen LogP contribution in [0.1, 0.15) is 21.5 Å². The number of benzene rings is 3. The Labute approximate surface area is 178 Å². The quantitative estimate of drug-likeness (QED) is 0.470. The molecule has 6 nitrogen and oxygen atoms in total. The smallest absolute Gasteiger partial charge is 0.257 e. The van der Waals surface area contributed by atoms with Crippen LogP contribution in [0.2, 0.25) is 0 Å². The van der Waals surface area contributed by atoms with Gasteiger partial charge in [0, 0.05) is 12.1 Å². The van der Waals surface area contributed by atoms with Crippen molar-refractivity contribution in [3.63, 3.8) is 0 Å². The number of thiazole rings is 1. The third-order valence-corrected chi connectivity index (χ3v) is 6.89. The summed E-state index contributed by atoms with van der Waals surface area (Å²) >= 11 is 1.38. The Morgan fingerprint density at radius 1 is 1.00 bits per heavy atom. The lowest BCUT2D eigenvalue weighted by molar-refractivity contribution is 0.102. The van der Waals surface area contributed by atoms with Gasteiger partial charge in [-0.05, 0) is 42.3 Å².